The third-order valence-electron chi connectivity index (χ3n) is 1.69. The zero-order valence-corrected chi connectivity index (χ0v) is 9.04. The zero-order chi connectivity index (χ0) is 10.6. The number of methoxy groups -OCH3 is 1. The largest absolute Gasteiger partial charge is 0.504 e. The van der Waals surface area contributed by atoms with Crippen LogP contribution >= 0.6 is 15.9 Å². The summed E-state index contributed by atoms with van der Waals surface area (Å²) in [7, 11) is 1.45. The number of carbonyl (C=O) groups excluding carboxylic acids is 1. The van der Waals surface area contributed by atoms with Crippen molar-refractivity contribution in [2.24, 2.45) is 4.99 Å². The molecule has 0 spiro atoms. The number of halogens is 1. The Labute approximate surface area is 89.4 Å². The van der Waals surface area contributed by atoms with Crippen LogP contribution in [0.5, 0.6) is 11.5 Å². The van der Waals surface area contributed by atoms with Gasteiger partial charge in [-0.2, -0.15) is 0 Å². The third-order valence-corrected chi connectivity index (χ3v) is 2.31. The summed E-state index contributed by atoms with van der Waals surface area (Å²) in [6.45, 7) is 0.0962. The zero-order valence-electron chi connectivity index (χ0n) is 7.45. The molecule has 0 aliphatic heterocycles. The molecule has 0 bridgehead atoms. The lowest BCUT2D eigenvalue weighted by Crippen LogP contribution is -1.90. The number of nitrogens with zero attached hydrogens (tertiary/aromatic N) is 1. The standard InChI is InChI=1S/C9H8BrNO3/c1-14-9-7(10)3-2-6(8(9)13)4-11-5-12/h2-3,13H,4H2,1H3. The van der Waals surface area contributed by atoms with E-state index in [0.717, 1.165) is 0 Å². The summed E-state index contributed by atoms with van der Waals surface area (Å²) in [5.74, 6) is 0.324. The van der Waals surface area contributed by atoms with Gasteiger partial charge in [-0.25, -0.2) is 9.79 Å². The Kier molecular flexibility index (Phi) is 3.68. The predicted octanol–water partition coefficient (Wildman–Crippen LogP) is 2.00. The molecule has 4 nitrogen and oxygen atoms in total. The van der Waals surface area contributed by atoms with Crippen LogP contribution in [0.2, 0.25) is 0 Å². The fourth-order valence-corrected chi connectivity index (χ4v) is 1.51. The van der Waals surface area contributed by atoms with Gasteiger partial charge in [0.2, 0.25) is 6.08 Å². The summed E-state index contributed by atoms with van der Waals surface area (Å²) < 4.78 is 5.61. The maximum Gasteiger partial charge on any atom is 0.235 e. The smallest absolute Gasteiger partial charge is 0.235 e. The number of phenolic OH excluding ortho intramolecular Hbond substituents is 1. The van der Waals surface area contributed by atoms with Gasteiger partial charge < -0.3 is 9.84 Å². The molecule has 5 heteroatoms. The monoisotopic (exact) mass is 257 g/mol. The van der Waals surface area contributed by atoms with E-state index >= 15 is 0 Å². The first-order valence-electron chi connectivity index (χ1n) is 3.78. The van der Waals surface area contributed by atoms with Gasteiger partial charge in [0.15, 0.2) is 11.5 Å². The van der Waals surface area contributed by atoms with Crippen LogP contribution in [0, 0.1) is 0 Å². The Morgan fingerprint density at radius 2 is 2.36 bits per heavy atom. The van der Waals surface area contributed by atoms with Crippen molar-refractivity contribution < 1.29 is 14.6 Å². The van der Waals surface area contributed by atoms with Crippen molar-refractivity contribution in [1.29, 1.82) is 0 Å². The molecule has 0 atom stereocenters. The number of hydrogen-bond acceptors (Lipinski definition) is 4. The Morgan fingerprint density at radius 1 is 1.64 bits per heavy atom. The second-order valence-electron chi connectivity index (χ2n) is 2.50. The molecule has 0 unspecified atom stereocenters. The Morgan fingerprint density at radius 3 is 2.93 bits per heavy atom. The van der Waals surface area contributed by atoms with E-state index in [1.165, 1.54) is 13.2 Å². The van der Waals surface area contributed by atoms with E-state index in [9.17, 15) is 9.90 Å². The lowest BCUT2D eigenvalue weighted by molar-refractivity contribution is 0.368. The number of isocyanates is 1. The van der Waals surface area contributed by atoms with Crippen molar-refractivity contribution in [3.63, 3.8) is 0 Å². The van der Waals surface area contributed by atoms with E-state index in [2.05, 4.69) is 20.9 Å². The Hall–Kier alpha value is -1.32. The molecule has 74 valence electrons. The highest BCUT2D eigenvalue weighted by molar-refractivity contribution is 9.10. The molecule has 0 saturated heterocycles. The van der Waals surface area contributed by atoms with E-state index in [1.54, 1.807) is 12.1 Å². The molecule has 1 N–H and O–H groups in total. The number of rotatable bonds is 3. The summed E-state index contributed by atoms with van der Waals surface area (Å²) >= 11 is 3.22. The molecular formula is C9H8BrNO3. The van der Waals surface area contributed by atoms with Gasteiger partial charge >= 0.3 is 0 Å². The van der Waals surface area contributed by atoms with Crippen LogP contribution < -0.4 is 4.74 Å². The van der Waals surface area contributed by atoms with E-state index in [4.69, 9.17) is 4.74 Å². The van der Waals surface area contributed by atoms with Crippen LogP contribution in [0.25, 0.3) is 0 Å². The van der Waals surface area contributed by atoms with Crippen LogP contribution in [-0.4, -0.2) is 18.3 Å². The highest BCUT2D eigenvalue weighted by Crippen LogP contribution is 2.37. The topological polar surface area (TPSA) is 58.9 Å². The van der Waals surface area contributed by atoms with Gasteiger partial charge in [0, 0.05) is 5.56 Å². The first kappa shape index (κ1) is 10.8. The van der Waals surface area contributed by atoms with Crippen molar-refractivity contribution >= 4 is 22.0 Å². The van der Waals surface area contributed by atoms with Gasteiger partial charge in [0.05, 0.1) is 18.1 Å². The second kappa shape index (κ2) is 4.79. The minimum atomic E-state index is -0.0131. The summed E-state index contributed by atoms with van der Waals surface area (Å²) in [5, 5.41) is 9.65. The van der Waals surface area contributed by atoms with Crippen molar-refractivity contribution in [3.05, 3.63) is 22.2 Å². The molecule has 0 radical (unpaired) electrons. The highest BCUT2D eigenvalue weighted by atomic mass is 79.9. The van der Waals surface area contributed by atoms with Crippen LogP contribution in [0.15, 0.2) is 21.6 Å². The van der Waals surface area contributed by atoms with Crippen LogP contribution in [0.4, 0.5) is 0 Å². The molecule has 0 aliphatic rings. The van der Waals surface area contributed by atoms with Crippen molar-refractivity contribution in [1.82, 2.24) is 0 Å². The molecule has 1 aromatic rings. The SMILES string of the molecule is COc1c(Br)ccc(CN=C=O)c1O. The van der Waals surface area contributed by atoms with E-state index in [-0.39, 0.29) is 12.3 Å². The number of hydrogen-bond donors (Lipinski definition) is 1. The number of aliphatic imine (C=N–C) groups is 1. The minimum absolute atomic E-state index is 0.0131. The van der Waals surface area contributed by atoms with Gasteiger partial charge in [-0.3, -0.25) is 0 Å². The number of aromatic hydroxyl groups is 1. The summed E-state index contributed by atoms with van der Waals surface area (Å²) in [6, 6.07) is 3.37. The van der Waals surface area contributed by atoms with Crippen LogP contribution in [0.3, 0.4) is 0 Å². The Balaban J connectivity index is 3.13. The average molecular weight is 258 g/mol. The number of ether oxygens (including phenoxy) is 1. The average Bonchev–Trinajstić information content (AvgIpc) is 2.18. The van der Waals surface area contributed by atoms with Gasteiger partial charge in [-0.05, 0) is 22.0 Å². The molecule has 0 saturated carbocycles. The molecule has 14 heavy (non-hydrogen) atoms. The number of phenols is 1. The maximum atomic E-state index is 9.90. The summed E-state index contributed by atoms with van der Waals surface area (Å²) in [5.41, 5.74) is 0.522. The van der Waals surface area contributed by atoms with Crippen molar-refractivity contribution in [2.45, 2.75) is 6.54 Å². The van der Waals surface area contributed by atoms with Crippen molar-refractivity contribution in [3.8, 4) is 11.5 Å². The van der Waals surface area contributed by atoms with E-state index in [0.29, 0.717) is 15.8 Å². The van der Waals surface area contributed by atoms with Crippen LogP contribution in [0.1, 0.15) is 5.56 Å². The Bertz CT molecular complexity index is 386. The fraction of sp³-hybridized carbons (Fsp3) is 0.222. The molecule has 0 heterocycles. The van der Waals surface area contributed by atoms with Gasteiger partial charge in [-0.1, -0.05) is 6.07 Å². The molecular weight excluding hydrogens is 250 g/mol. The lowest BCUT2D eigenvalue weighted by atomic mass is 10.2. The molecule has 0 aliphatic carbocycles. The molecule has 0 aromatic heterocycles. The molecule has 0 amide bonds. The second-order valence-corrected chi connectivity index (χ2v) is 3.35. The first-order chi connectivity index (χ1) is 6.70. The summed E-state index contributed by atoms with van der Waals surface area (Å²) in [6.07, 6.45) is 1.41. The third kappa shape index (κ3) is 2.13. The highest BCUT2D eigenvalue weighted by Gasteiger charge is 2.10. The van der Waals surface area contributed by atoms with E-state index < -0.39 is 0 Å². The van der Waals surface area contributed by atoms with E-state index in [1.807, 2.05) is 0 Å². The number of benzene rings is 1. The van der Waals surface area contributed by atoms with Gasteiger partial charge in [0.25, 0.3) is 0 Å². The molecule has 0 fully saturated rings. The van der Waals surface area contributed by atoms with Gasteiger partial charge in [0.1, 0.15) is 0 Å². The molecule has 1 aromatic carbocycles. The van der Waals surface area contributed by atoms with Gasteiger partial charge in [-0.15, -0.1) is 0 Å². The lowest BCUT2D eigenvalue weighted by Gasteiger charge is -2.08. The quantitative estimate of drug-likeness (QED) is 0.666. The normalized spacial score (nSPS) is 9.29. The minimum Gasteiger partial charge on any atom is -0.504 e. The first-order valence-corrected chi connectivity index (χ1v) is 4.58. The fourth-order valence-electron chi connectivity index (χ4n) is 1.03. The maximum absolute atomic E-state index is 9.90. The predicted molar refractivity (Wildman–Crippen MR) is 54.2 cm³/mol. The van der Waals surface area contributed by atoms with Crippen LogP contribution in [-0.2, 0) is 11.3 Å². The van der Waals surface area contributed by atoms with Crippen molar-refractivity contribution in [2.75, 3.05) is 7.11 Å². The molecule has 1 rings (SSSR count). The summed E-state index contributed by atoms with van der Waals surface area (Å²) in [4.78, 5) is 13.3.